The Morgan fingerprint density at radius 3 is 2.08 bits per heavy atom. The Balaban J connectivity index is 1.99. The third-order valence-electron chi connectivity index (χ3n) is 3.83. The van der Waals surface area contributed by atoms with E-state index in [0.29, 0.717) is 28.6 Å². The number of nitrogens with two attached hydrogens (primary N) is 1. The minimum absolute atomic E-state index is 0.0237. The third-order valence-corrected chi connectivity index (χ3v) is 5.54. The summed E-state index contributed by atoms with van der Waals surface area (Å²) in [5.41, 5.74) is 7.51. The van der Waals surface area contributed by atoms with Gasteiger partial charge in [0.2, 0.25) is 10.0 Å². The molecule has 2 N–H and O–H groups in total. The number of nitrogen functional groups attached to an aromatic ring is 1. The average molecular weight is 368 g/mol. The molecule has 0 aliphatic heterocycles. The van der Waals surface area contributed by atoms with Crippen molar-refractivity contribution in [3.63, 3.8) is 0 Å². The van der Waals surface area contributed by atoms with Crippen LogP contribution >= 0.6 is 0 Å². The molecule has 3 aromatic carbocycles. The zero-order valence-electron chi connectivity index (χ0n) is 14.4. The van der Waals surface area contributed by atoms with Crippen molar-refractivity contribution in [3.05, 3.63) is 78.9 Å². The van der Waals surface area contributed by atoms with Crippen LogP contribution in [0.3, 0.4) is 0 Å². The van der Waals surface area contributed by atoms with E-state index >= 15 is 0 Å². The highest BCUT2D eigenvalue weighted by Crippen LogP contribution is 2.35. The van der Waals surface area contributed by atoms with Crippen LogP contribution in [0.4, 0.5) is 17.1 Å². The van der Waals surface area contributed by atoms with E-state index in [4.69, 9.17) is 10.5 Å². The number of anilines is 3. The van der Waals surface area contributed by atoms with Crippen molar-refractivity contribution < 1.29 is 13.2 Å². The number of sulfonamides is 1. The Labute approximate surface area is 153 Å². The number of hydrogen-bond acceptors (Lipinski definition) is 4. The summed E-state index contributed by atoms with van der Waals surface area (Å²) >= 11 is 0. The van der Waals surface area contributed by atoms with Crippen LogP contribution in [0.5, 0.6) is 11.5 Å². The first-order valence-electron chi connectivity index (χ1n) is 8.22. The first kappa shape index (κ1) is 17.8. The predicted octanol–water partition coefficient (Wildman–Crippen LogP) is 4.55. The third kappa shape index (κ3) is 3.81. The first-order valence-corrected chi connectivity index (χ1v) is 9.82. The molecular formula is C20H20N2O3S. The van der Waals surface area contributed by atoms with E-state index in [1.807, 2.05) is 36.4 Å². The van der Waals surface area contributed by atoms with Gasteiger partial charge in [-0.15, -0.1) is 0 Å². The Hall–Kier alpha value is -2.99. The van der Waals surface area contributed by atoms with Gasteiger partial charge in [0.1, 0.15) is 11.5 Å². The highest BCUT2D eigenvalue weighted by molar-refractivity contribution is 7.93. The summed E-state index contributed by atoms with van der Waals surface area (Å²) in [6, 6.07) is 23.2. The number of benzene rings is 3. The maximum atomic E-state index is 12.6. The molecule has 3 aromatic rings. The SMILES string of the molecule is CCS(=O)(=O)N(c1ccccc1)c1ccc(Oc2ccccc2)c(N)c1. The molecule has 0 radical (unpaired) electrons. The largest absolute Gasteiger partial charge is 0.455 e. The maximum Gasteiger partial charge on any atom is 0.239 e. The molecule has 0 aromatic heterocycles. The fraction of sp³-hybridized carbons (Fsp3) is 0.100. The Bertz CT molecular complexity index is 974. The minimum atomic E-state index is -3.52. The van der Waals surface area contributed by atoms with Crippen LogP contribution < -0.4 is 14.8 Å². The highest BCUT2D eigenvalue weighted by Gasteiger charge is 2.23. The van der Waals surface area contributed by atoms with Crippen molar-refractivity contribution in [3.8, 4) is 11.5 Å². The molecule has 26 heavy (non-hydrogen) atoms. The van der Waals surface area contributed by atoms with Gasteiger partial charge in [-0.3, -0.25) is 0 Å². The van der Waals surface area contributed by atoms with Crippen molar-refractivity contribution in [2.45, 2.75) is 6.92 Å². The number of rotatable bonds is 6. The molecule has 0 unspecified atom stereocenters. The van der Waals surface area contributed by atoms with E-state index in [2.05, 4.69) is 0 Å². The Morgan fingerprint density at radius 1 is 0.885 bits per heavy atom. The minimum Gasteiger partial charge on any atom is -0.455 e. The second-order valence-electron chi connectivity index (χ2n) is 5.64. The standard InChI is InChI=1S/C20H20N2O3S/c1-2-26(23,24)22(16-9-5-3-6-10-16)17-13-14-20(19(21)15-17)25-18-11-7-4-8-12-18/h3-15H,2,21H2,1H3. The number of hydrogen-bond donors (Lipinski definition) is 1. The van der Waals surface area contributed by atoms with Gasteiger partial charge in [-0.25, -0.2) is 12.7 Å². The van der Waals surface area contributed by atoms with E-state index < -0.39 is 10.0 Å². The van der Waals surface area contributed by atoms with Gasteiger partial charge in [0.15, 0.2) is 0 Å². The Kier molecular flexibility index (Phi) is 5.14. The average Bonchev–Trinajstić information content (AvgIpc) is 2.66. The quantitative estimate of drug-likeness (QED) is 0.648. The monoisotopic (exact) mass is 368 g/mol. The Morgan fingerprint density at radius 2 is 1.50 bits per heavy atom. The summed E-state index contributed by atoms with van der Waals surface area (Å²) in [7, 11) is -3.52. The topological polar surface area (TPSA) is 72.6 Å². The van der Waals surface area contributed by atoms with Crippen molar-refractivity contribution in [1.29, 1.82) is 0 Å². The molecule has 6 heteroatoms. The van der Waals surface area contributed by atoms with Crippen molar-refractivity contribution in [2.75, 3.05) is 15.8 Å². The molecule has 0 bridgehead atoms. The molecule has 0 fully saturated rings. The summed E-state index contributed by atoms with van der Waals surface area (Å²) in [6.45, 7) is 1.61. The number of ether oxygens (including phenoxy) is 1. The molecule has 0 aliphatic rings. The maximum absolute atomic E-state index is 12.6. The zero-order valence-corrected chi connectivity index (χ0v) is 15.2. The normalized spacial score (nSPS) is 11.1. The van der Waals surface area contributed by atoms with Gasteiger partial charge in [0.25, 0.3) is 0 Å². The van der Waals surface area contributed by atoms with Crippen LogP contribution in [0.25, 0.3) is 0 Å². The predicted molar refractivity (Wildman–Crippen MR) is 105 cm³/mol. The molecule has 0 spiro atoms. The molecule has 0 amide bonds. The summed E-state index contributed by atoms with van der Waals surface area (Å²) in [5.74, 6) is 1.11. The van der Waals surface area contributed by atoms with E-state index in [9.17, 15) is 8.42 Å². The second kappa shape index (κ2) is 7.49. The molecule has 0 saturated heterocycles. The molecule has 0 heterocycles. The van der Waals surface area contributed by atoms with Crippen LogP contribution in [0.15, 0.2) is 78.9 Å². The van der Waals surface area contributed by atoms with E-state index in [1.165, 1.54) is 4.31 Å². The van der Waals surface area contributed by atoms with Gasteiger partial charge in [-0.05, 0) is 49.4 Å². The molecule has 3 rings (SSSR count). The summed E-state index contributed by atoms with van der Waals surface area (Å²) in [5, 5.41) is 0. The van der Waals surface area contributed by atoms with Gasteiger partial charge in [0.05, 0.1) is 22.8 Å². The lowest BCUT2D eigenvalue weighted by Gasteiger charge is -2.24. The molecule has 134 valence electrons. The van der Waals surface area contributed by atoms with Crippen molar-refractivity contribution >= 4 is 27.1 Å². The lowest BCUT2D eigenvalue weighted by Crippen LogP contribution is -2.27. The van der Waals surface area contributed by atoms with Crippen LogP contribution in [0.2, 0.25) is 0 Å². The lowest BCUT2D eigenvalue weighted by atomic mass is 10.2. The number of nitrogens with zero attached hydrogens (tertiary/aromatic N) is 1. The smallest absolute Gasteiger partial charge is 0.239 e. The zero-order chi connectivity index (χ0) is 18.6. The fourth-order valence-electron chi connectivity index (χ4n) is 2.53. The van der Waals surface area contributed by atoms with Gasteiger partial charge in [-0.1, -0.05) is 36.4 Å². The van der Waals surface area contributed by atoms with Crippen LogP contribution in [0, 0.1) is 0 Å². The van der Waals surface area contributed by atoms with E-state index in [-0.39, 0.29) is 5.75 Å². The second-order valence-corrected chi connectivity index (χ2v) is 7.74. The summed E-state index contributed by atoms with van der Waals surface area (Å²) < 4.78 is 32.4. The van der Waals surface area contributed by atoms with E-state index in [0.717, 1.165) is 0 Å². The summed E-state index contributed by atoms with van der Waals surface area (Å²) in [4.78, 5) is 0. The molecule has 0 aliphatic carbocycles. The fourth-order valence-corrected chi connectivity index (χ4v) is 3.67. The van der Waals surface area contributed by atoms with Crippen molar-refractivity contribution in [2.24, 2.45) is 0 Å². The van der Waals surface area contributed by atoms with Crippen molar-refractivity contribution in [1.82, 2.24) is 0 Å². The lowest BCUT2D eigenvalue weighted by molar-refractivity contribution is 0.485. The molecule has 0 saturated carbocycles. The molecule has 5 nitrogen and oxygen atoms in total. The van der Waals surface area contributed by atoms with E-state index in [1.54, 1.807) is 49.4 Å². The van der Waals surface area contributed by atoms with Crippen LogP contribution in [-0.2, 0) is 10.0 Å². The summed E-state index contributed by atoms with van der Waals surface area (Å²) in [6.07, 6.45) is 0. The molecule has 0 atom stereocenters. The van der Waals surface area contributed by atoms with Gasteiger partial charge < -0.3 is 10.5 Å². The first-order chi connectivity index (χ1) is 12.5. The van der Waals surface area contributed by atoms with Gasteiger partial charge >= 0.3 is 0 Å². The van der Waals surface area contributed by atoms with Gasteiger partial charge in [-0.2, -0.15) is 0 Å². The highest BCUT2D eigenvalue weighted by atomic mass is 32.2. The number of para-hydroxylation sites is 2. The van der Waals surface area contributed by atoms with Crippen LogP contribution in [0.1, 0.15) is 6.92 Å². The van der Waals surface area contributed by atoms with Crippen LogP contribution in [-0.4, -0.2) is 14.2 Å². The molecular weight excluding hydrogens is 348 g/mol. The van der Waals surface area contributed by atoms with Gasteiger partial charge in [0, 0.05) is 0 Å².